The van der Waals surface area contributed by atoms with Gasteiger partial charge in [0.15, 0.2) is 5.82 Å². The second kappa shape index (κ2) is 9.78. The van der Waals surface area contributed by atoms with Gasteiger partial charge in [-0.2, -0.15) is 0 Å². The molecule has 10 N–H and O–H groups in total. The predicted molar refractivity (Wildman–Crippen MR) is 151 cm³/mol. The molecule has 0 aliphatic carbocycles. The summed E-state index contributed by atoms with van der Waals surface area (Å²) in [5, 5.41) is 20.6. The summed E-state index contributed by atoms with van der Waals surface area (Å²) in [6, 6.07) is 22.9. The van der Waals surface area contributed by atoms with E-state index in [9.17, 15) is 10.2 Å². The second-order valence-corrected chi connectivity index (χ2v) is 8.52. The zero-order valence-electron chi connectivity index (χ0n) is 20.1. The van der Waals surface area contributed by atoms with Gasteiger partial charge in [-0.05, 0) is 48.0 Å². The summed E-state index contributed by atoms with van der Waals surface area (Å²) >= 11 is 0. The molecule has 0 unspecified atom stereocenters. The zero-order valence-corrected chi connectivity index (χ0v) is 20.1. The third kappa shape index (κ3) is 5.00. The van der Waals surface area contributed by atoms with E-state index in [0.717, 1.165) is 33.2 Å². The minimum atomic E-state index is 0.197. The molecule has 6 rings (SSSR count). The number of nitrogens with zero attached hydrogens (tertiary/aromatic N) is 4. The lowest BCUT2D eigenvalue weighted by Gasteiger charge is -2.06. The van der Waals surface area contributed by atoms with E-state index in [4.69, 9.17) is 22.9 Å². The molecule has 0 amide bonds. The van der Waals surface area contributed by atoms with Crippen LogP contribution in [0.3, 0.4) is 0 Å². The van der Waals surface area contributed by atoms with Crippen LogP contribution in [0.4, 0.5) is 23.3 Å². The Morgan fingerprint density at radius 3 is 1.97 bits per heavy atom. The molecule has 0 fully saturated rings. The van der Waals surface area contributed by atoms with Gasteiger partial charge in [0.1, 0.15) is 34.5 Å². The standard InChI is InChI=1S/2C14H12N4O/c15-13-6-12-11(14(16)18-13)5-9(7-17-12)8-2-1-3-10(19)4-8;15-12-7-9-4-5-11(17-13(9)14(16)18-12)8-2-1-3-10(19)6-8/h2*1-7,19H,(H4,15,16,18). The number of rotatable bonds is 2. The van der Waals surface area contributed by atoms with E-state index in [1.165, 1.54) is 0 Å². The van der Waals surface area contributed by atoms with Crippen molar-refractivity contribution < 1.29 is 10.2 Å². The Kier molecular flexibility index (Phi) is 6.20. The van der Waals surface area contributed by atoms with Gasteiger partial charge in [-0.15, -0.1) is 0 Å². The highest BCUT2D eigenvalue weighted by Gasteiger charge is 2.08. The SMILES string of the molecule is Nc1cc2ccc(-c3cccc(O)c3)nc2c(N)n1.Nc1cc2ncc(-c3cccc(O)c3)cc2c(N)n1. The van der Waals surface area contributed by atoms with Gasteiger partial charge < -0.3 is 33.1 Å². The minimum absolute atomic E-state index is 0.197. The van der Waals surface area contributed by atoms with Crippen LogP contribution >= 0.6 is 0 Å². The van der Waals surface area contributed by atoms with Gasteiger partial charge in [0.25, 0.3) is 0 Å². The highest BCUT2D eigenvalue weighted by atomic mass is 16.3. The molecule has 0 aliphatic heterocycles. The van der Waals surface area contributed by atoms with Crippen LogP contribution in [0.25, 0.3) is 44.2 Å². The molecule has 2 aromatic carbocycles. The molecule has 0 saturated carbocycles. The maximum atomic E-state index is 9.50. The molecule has 0 bridgehead atoms. The molecular weight excluding hydrogens is 480 g/mol. The molecule has 0 spiro atoms. The monoisotopic (exact) mass is 504 g/mol. The van der Waals surface area contributed by atoms with Crippen LogP contribution in [0.1, 0.15) is 0 Å². The maximum absolute atomic E-state index is 9.50. The molecule has 0 aliphatic rings. The van der Waals surface area contributed by atoms with Crippen molar-refractivity contribution in [3.8, 4) is 33.9 Å². The van der Waals surface area contributed by atoms with Crippen LogP contribution in [-0.4, -0.2) is 30.1 Å². The summed E-state index contributed by atoms with van der Waals surface area (Å²) in [4.78, 5) is 16.8. The lowest BCUT2D eigenvalue weighted by molar-refractivity contribution is 0.475. The summed E-state index contributed by atoms with van der Waals surface area (Å²) in [7, 11) is 0. The van der Waals surface area contributed by atoms with Gasteiger partial charge in [0.05, 0.1) is 11.2 Å². The van der Waals surface area contributed by atoms with Crippen LogP contribution in [0.2, 0.25) is 0 Å². The molecule has 10 heteroatoms. The first-order valence-corrected chi connectivity index (χ1v) is 11.5. The zero-order chi connectivity index (χ0) is 26.8. The van der Waals surface area contributed by atoms with E-state index in [0.29, 0.717) is 34.3 Å². The highest BCUT2D eigenvalue weighted by Crippen LogP contribution is 2.28. The van der Waals surface area contributed by atoms with Gasteiger partial charge in [0.2, 0.25) is 0 Å². The van der Waals surface area contributed by atoms with Crippen LogP contribution in [-0.2, 0) is 0 Å². The number of hydrogen-bond donors (Lipinski definition) is 6. The van der Waals surface area contributed by atoms with E-state index in [-0.39, 0.29) is 11.5 Å². The fourth-order valence-electron chi connectivity index (χ4n) is 4.01. The smallest absolute Gasteiger partial charge is 0.152 e. The second-order valence-electron chi connectivity index (χ2n) is 8.52. The lowest BCUT2D eigenvalue weighted by Crippen LogP contribution is -1.99. The number of anilines is 4. The summed E-state index contributed by atoms with van der Waals surface area (Å²) < 4.78 is 0. The largest absolute Gasteiger partial charge is 0.508 e. The molecule has 0 atom stereocenters. The van der Waals surface area contributed by atoms with Crippen LogP contribution < -0.4 is 22.9 Å². The average Bonchev–Trinajstić information content (AvgIpc) is 2.88. The first kappa shape index (κ1) is 24.1. The van der Waals surface area contributed by atoms with Crippen molar-refractivity contribution in [2.45, 2.75) is 0 Å². The average molecular weight is 505 g/mol. The summed E-state index contributed by atoms with van der Waals surface area (Å²) in [6.45, 7) is 0. The van der Waals surface area contributed by atoms with Crippen molar-refractivity contribution in [2.75, 3.05) is 22.9 Å². The topological polar surface area (TPSA) is 196 Å². The Bertz CT molecular complexity index is 1670. The highest BCUT2D eigenvalue weighted by molar-refractivity contribution is 5.93. The number of benzene rings is 2. The molecule has 4 heterocycles. The number of nitrogen functional groups attached to an aromatic ring is 4. The normalized spacial score (nSPS) is 10.7. The van der Waals surface area contributed by atoms with Gasteiger partial charge in [-0.1, -0.05) is 30.3 Å². The first-order valence-electron chi connectivity index (χ1n) is 11.5. The fraction of sp³-hybridized carbons (Fsp3) is 0. The Labute approximate surface area is 217 Å². The summed E-state index contributed by atoms with van der Waals surface area (Å²) in [6.07, 6.45) is 1.72. The Morgan fingerprint density at radius 2 is 1.24 bits per heavy atom. The molecule has 38 heavy (non-hydrogen) atoms. The summed E-state index contributed by atoms with van der Waals surface area (Å²) in [5.74, 6) is 1.78. The molecule has 10 nitrogen and oxygen atoms in total. The van der Waals surface area contributed by atoms with E-state index in [1.54, 1.807) is 54.7 Å². The van der Waals surface area contributed by atoms with E-state index >= 15 is 0 Å². The van der Waals surface area contributed by atoms with Crippen LogP contribution in [0, 0.1) is 0 Å². The number of pyridine rings is 4. The lowest BCUT2D eigenvalue weighted by atomic mass is 10.1. The van der Waals surface area contributed by atoms with Gasteiger partial charge >= 0.3 is 0 Å². The third-order valence-electron chi connectivity index (χ3n) is 5.77. The molecule has 6 aromatic rings. The van der Waals surface area contributed by atoms with Crippen molar-refractivity contribution in [3.05, 3.63) is 85.1 Å². The van der Waals surface area contributed by atoms with Crippen LogP contribution in [0.5, 0.6) is 11.5 Å². The molecule has 4 aromatic heterocycles. The quantitative estimate of drug-likeness (QED) is 0.197. The number of hydrogen-bond acceptors (Lipinski definition) is 10. The van der Waals surface area contributed by atoms with Gasteiger partial charge in [0, 0.05) is 34.2 Å². The van der Waals surface area contributed by atoms with Gasteiger partial charge in [-0.3, -0.25) is 4.98 Å². The molecular formula is C28H24N8O2. The minimum Gasteiger partial charge on any atom is -0.508 e. The number of aromatic hydroxyl groups is 2. The number of fused-ring (bicyclic) bond motifs is 2. The van der Waals surface area contributed by atoms with Crippen molar-refractivity contribution in [1.29, 1.82) is 0 Å². The summed E-state index contributed by atoms with van der Waals surface area (Å²) in [5.41, 5.74) is 27.5. The Hall–Kier alpha value is -5.64. The van der Waals surface area contributed by atoms with E-state index in [1.807, 2.05) is 30.3 Å². The van der Waals surface area contributed by atoms with Crippen molar-refractivity contribution in [2.24, 2.45) is 0 Å². The Balaban J connectivity index is 0.000000155. The third-order valence-corrected chi connectivity index (χ3v) is 5.77. The number of phenols is 2. The Morgan fingerprint density at radius 1 is 0.579 bits per heavy atom. The fourth-order valence-corrected chi connectivity index (χ4v) is 4.01. The van der Waals surface area contributed by atoms with Gasteiger partial charge in [-0.25, -0.2) is 15.0 Å². The molecule has 0 saturated heterocycles. The first-order chi connectivity index (χ1) is 18.3. The van der Waals surface area contributed by atoms with E-state index in [2.05, 4.69) is 19.9 Å². The van der Waals surface area contributed by atoms with Crippen molar-refractivity contribution in [3.63, 3.8) is 0 Å². The number of nitrogens with two attached hydrogens (primary N) is 4. The van der Waals surface area contributed by atoms with Crippen LogP contribution in [0.15, 0.2) is 85.1 Å². The maximum Gasteiger partial charge on any atom is 0.152 e. The molecule has 0 radical (unpaired) electrons. The van der Waals surface area contributed by atoms with Crippen molar-refractivity contribution in [1.82, 2.24) is 19.9 Å². The predicted octanol–water partition coefficient (Wildman–Crippen LogP) is 4.33. The number of aromatic nitrogens is 4. The van der Waals surface area contributed by atoms with Crippen molar-refractivity contribution >= 4 is 45.1 Å². The van der Waals surface area contributed by atoms with E-state index < -0.39 is 0 Å². The number of phenolic OH excluding ortho intramolecular Hbond substituents is 2. The molecule has 188 valence electrons.